The molecule has 3 aromatic carbocycles. The molecular formula is C26H23F3N2O4. The summed E-state index contributed by atoms with van der Waals surface area (Å²) in [6.45, 7) is 0. The number of hydrogen-bond donors (Lipinski definition) is 4. The van der Waals surface area contributed by atoms with Gasteiger partial charge >= 0.3 is 18.2 Å². The number of benzene rings is 3. The van der Waals surface area contributed by atoms with Crippen LogP contribution in [-0.2, 0) is 17.4 Å². The predicted octanol–water partition coefficient (Wildman–Crippen LogP) is 6.09. The van der Waals surface area contributed by atoms with Crippen LogP contribution in [0.5, 0.6) is 0 Å². The lowest BCUT2D eigenvalue weighted by molar-refractivity contribution is -0.139. The number of aliphatic carboxylic acids is 1. The van der Waals surface area contributed by atoms with E-state index in [4.69, 9.17) is 5.11 Å². The van der Waals surface area contributed by atoms with Crippen molar-refractivity contribution in [2.45, 2.75) is 31.5 Å². The highest BCUT2D eigenvalue weighted by Gasteiger charge is 2.31. The Morgan fingerprint density at radius 2 is 1.60 bits per heavy atom. The topological polar surface area (TPSA) is 98.7 Å². The van der Waals surface area contributed by atoms with E-state index in [0.29, 0.717) is 18.5 Å². The van der Waals surface area contributed by atoms with Crippen LogP contribution in [-0.4, -0.2) is 22.2 Å². The number of alkyl halides is 3. The van der Waals surface area contributed by atoms with Gasteiger partial charge in [0.2, 0.25) is 0 Å². The number of aryl methyl sites for hydroxylation is 1. The maximum absolute atomic E-state index is 12.8. The highest BCUT2D eigenvalue weighted by Crippen LogP contribution is 2.38. The molecule has 1 aliphatic rings. The van der Waals surface area contributed by atoms with Crippen LogP contribution in [0, 0.1) is 5.92 Å². The second-order valence-corrected chi connectivity index (χ2v) is 8.49. The summed E-state index contributed by atoms with van der Waals surface area (Å²) >= 11 is 0. The molecule has 2 atom stereocenters. The smallest absolute Gasteiger partial charge is 0.416 e. The minimum atomic E-state index is -4.50. The van der Waals surface area contributed by atoms with Crippen molar-refractivity contribution in [3.63, 3.8) is 0 Å². The van der Waals surface area contributed by atoms with Crippen molar-refractivity contribution in [2.24, 2.45) is 5.92 Å². The molecule has 4 rings (SSSR count). The summed E-state index contributed by atoms with van der Waals surface area (Å²) in [5.41, 5.74) is 3.13. The van der Waals surface area contributed by atoms with E-state index in [2.05, 4.69) is 10.6 Å². The van der Waals surface area contributed by atoms with E-state index in [1.807, 2.05) is 18.2 Å². The number of amides is 2. The molecule has 6 nitrogen and oxygen atoms in total. The van der Waals surface area contributed by atoms with Crippen LogP contribution in [0.2, 0.25) is 0 Å². The number of aliphatic hydroxyl groups is 1. The quantitative estimate of drug-likeness (QED) is 0.352. The van der Waals surface area contributed by atoms with Crippen LogP contribution in [0.1, 0.15) is 35.6 Å². The lowest BCUT2D eigenvalue weighted by Crippen LogP contribution is -2.23. The molecule has 0 bridgehead atoms. The monoisotopic (exact) mass is 484 g/mol. The predicted molar refractivity (Wildman–Crippen MR) is 125 cm³/mol. The molecular weight excluding hydrogens is 461 g/mol. The van der Waals surface area contributed by atoms with Gasteiger partial charge in [0.25, 0.3) is 0 Å². The number of carbonyl (C=O) groups is 2. The summed E-state index contributed by atoms with van der Waals surface area (Å²) in [6, 6.07) is 16.3. The molecule has 2 unspecified atom stereocenters. The normalized spacial score (nSPS) is 17.4. The zero-order chi connectivity index (χ0) is 25.2. The Balaban J connectivity index is 1.41. The van der Waals surface area contributed by atoms with E-state index in [0.717, 1.165) is 34.4 Å². The highest BCUT2D eigenvalue weighted by atomic mass is 19.4. The standard InChI is InChI=1S/C26H23F3N2O4/c27-26(28,29)19-2-1-3-21(14-19)31-25(35)30-20-9-6-15(7-10-20)16-8-11-22-17(12-16)4-5-18(24(22)34)13-23(32)33/h1-3,6-12,14,18,24,34H,4-5,13H2,(H,32,33)(H2,30,31,35). The maximum Gasteiger partial charge on any atom is 0.416 e. The van der Waals surface area contributed by atoms with Gasteiger partial charge in [-0.15, -0.1) is 0 Å². The molecule has 35 heavy (non-hydrogen) atoms. The van der Waals surface area contributed by atoms with Gasteiger partial charge in [0, 0.05) is 11.4 Å². The summed E-state index contributed by atoms with van der Waals surface area (Å²) < 4.78 is 38.5. The van der Waals surface area contributed by atoms with Crippen molar-refractivity contribution >= 4 is 23.4 Å². The van der Waals surface area contributed by atoms with E-state index in [1.54, 1.807) is 24.3 Å². The second-order valence-electron chi connectivity index (χ2n) is 8.49. The average Bonchev–Trinajstić information content (AvgIpc) is 2.80. The fraction of sp³-hybridized carbons (Fsp3) is 0.231. The Labute approximate surface area is 199 Å². The fourth-order valence-electron chi connectivity index (χ4n) is 4.29. The van der Waals surface area contributed by atoms with E-state index >= 15 is 0 Å². The number of fused-ring (bicyclic) bond motifs is 1. The summed E-state index contributed by atoms with van der Waals surface area (Å²) in [6.07, 6.45) is -4.12. The number of carboxylic acids is 1. The number of carboxylic acid groups (broad SMARTS) is 1. The molecule has 0 radical (unpaired) electrons. The molecule has 0 saturated carbocycles. The second kappa shape index (κ2) is 9.79. The molecule has 0 fully saturated rings. The molecule has 1 aliphatic carbocycles. The number of aliphatic hydroxyl groups excluding tert-OH is 1. The van der Waals surface area contributed by atoms with Crippen molar-refractivity contribution in [1.29, 1.82) is 0 Å². The van der Waals surface area contributed by atoms with Gasteiger partial charge in [-0.05, 0) is 71.3 Å². The number of nitrogens with one attached hydrogen (secondary N) is 2. The van der Waals surface area contributed by atoms with Crippen LogP contribution in [0.3, 0.4) is 0 Å². The van der Waals surface area contributed by atoms with Crippen LogP contribution >= 0.6 is 0 Å². The fourth-order valence-corrected chi connectivity index (χ4v) is 4.29. The lowest BCUT2D eigenvalue weighted by Gasteiger charge is -2.29. The van der Waals surface area contributed by atoms with Gasteiger partial charge in [-0.3, -0.25) is 4.79 Å². The SMILES string of the molecule is O=C(O)CC1CCc2cc(-c3ccc(NC(=O)Nc4cccc(C(F)(F)F)c4)cc3)ccc2C1O. The van der Waals surface area contributed by atoms with Crippen LogP contribution in [0.4, 0.5) is 29.3 Å². The van der Waals surface area contributed by atoms with Gasteiger partial charge in [0.15, 0.2) is 0 Å². The van der Waals surface area contributed by atoms with Gasteiger partial charge < -0.3 is 20.8 Å². The molecule has 182 valence electrons. The summed E-state index contributed by atoms with van der Waals surface area (Å²) in [5.74, 6) is -1.23. The molecule has 0 spiro atoms. The van der Waals surface area contributed by atoms with Crippen LogP contribution in [0.25, 0.3) is 11.1 Å². The number of urea groups is 1. The molecule has 0 saturated heterocycles. The summed E-state index contributed by atoms with van der Waals surface area (Å²) in [4.78, 5) is 23.2. The Bertz CT molecular complexity index is 1240. The number of halogens is 3. The first-order valence-corrected chi connectivity index (χ1v) is 11.0. The van der Waals surface area contributed by atoms with Crippen molar-refractivity contribution in [2.75, 3.05) is 10.6 Å². The molecule has 0 aromatic heterocycles. The maximum atomic E-state index is 12.8. The van der Waals surface area contributed by atoms with E-state index in [-0.39, 0.29) is 18.0 Å². The van der Waals surface area contributed by atoms with E-state index in [9.17, 15) is 27.9 Å². The third-order valence-electron chi connectivity index (χ3n) is 6.05. The van der Waals surface area contributed by atoms with Gasteiger partial charge in [-0.2, -0.15) is 13.2 Å². The molecule has 3 aromatic rings. The van der Waals surface area contributed by atoms with Crippen LogP contribution in [0.15, 0.2) is 66.7 Å². The van der Waals surface area contributed by atoms with Crippen molar-refractivity contribution in [1.82, 2.24) is 0 Å². The molecule has 0 heterocycles. The highest BCUT2D eigenvalue weighted by molar-refractivity contribution is 5.99. The third kappa shape index (κ3) is 5.81. The zero-order valence-corrected chi connectivity index (χ0v) is 18.5. The van der Waals surface area contributed by atoms with Gasteiger partial charge in [-0.1, -0.05) is 36.4 Å². The zero-order valence-electron chi connectivity index (χ0n) is 18.5. The largest absolute Gasteiger partial charge is 0.481 e. The average molecular weight is 484 g/mol. The molecule has 2 amide bonds. The lowest BCUT2D eigenvalue weighted by atomic mass is 9.79. The summed E-state index contributed by atoms with van der Waals surface area (Å²) in [5, 5.41) is 24.6. The van der Waals surface area contributed by atoms with Gasteiger partial charge in [0.05, 0.1) is 18.1 Å². The Kier molecular flexibility index (Phi) is 6.79. The Morgan fingerprint density at radius 1 is 0.914 bits per heavy atom. The van der Waals surface area contributed by atoms with Crippen LogP contribution < -0.4 is 10.6 Å². The molecule has 9 heteroatoms. The first kappa shape index (κ1) is 24.3. The van der Waals surface area contributed by atoms with Gasteiger partial charge in [-0.25, -0.2) is 4.79 Å². The van der Waals surface area contributed by atoms with E-state index in [1.165, 1.54) is 12.1 Å². The van der Waals surface area contributed by atoms with Gasteiger partial charge in [0.1, 0.15) is 0 Å². The van der Waals surface area contributed by atoms with Crippen molar-refractivity contribution in [3.8, 4) is 11.1 Å². The first-order valence-electron chi connectivity index (χ1n) is 11.0. The first-order chi connectivity index (χ1) is 16.6. The summed E-state index contributed by atoms with van der Waals surface area (Å²) in [7, 11) is 0. The van der Waals surface area contributed by atoms with E-state index < -0.39 is 29.8 Å². The molecule has 0 aliphatic heterocycles. The Morgan fingerprint density at radius 3 is 2.29 bits per heavy atom. The van der Waals surface area contributed by atoms with Crippen molar-refractivity contribution < 1.29 is 33.0 Å². The minimum Gasteiger partial charge on any atom is -0.481 e. The minimum absolute atomic E-state index is 0.0239. The number of hydrogen-bond acceptors (Lipinski definition) is 3. The number of anilines is 2. The number of carbonyl (C=O) groups excluding carboxylic acids is 1. The third-order valence-corrected chi connectivity index (χ3v) is 6.05. The Hall–Kier alpha value is -3.85. The number of rotatable bonds is 5. The van der Waals surface area contributed by atoms with Crippen molar-refractivity contribution in [3.05, 3.63) is 83.4 Å². The molecule has 4 N–H and O–H groups in total.